The zero-order valence-electron chi connectivity index (χ0n) is 6.94. The van der Waals surface area contributed by atoms with E-state index in [0.717, 1.165) is 0 Å². The van der Waals surface area contributed by atoms with E-state index in [-0.39, 0.29) is 88.7 Å². The second kappa shape index (κ2) is 10.6. The Morgan fingerprint density at radius 1 is 1.25 bits per heavy atom. The number of hydrogen-bond donors (Lipinski definition) is 0. The number of carboxylic acids is 1. The number of halogens is 1. The largest absolute Gasteiger partial charge is 1.00 e. The topological polar surface area (TPSA) is 103 Å². The molecule has 0 aromatic carbocycles. The van der Waals surface area contributed by atoms with Gasteiger partial charge in [-0.2, -0.15) is 0 Å². The molecule has 0 aliphatic carbocycles. The molecule has 0 aliphatic heterocycles. The summed E-state index contributed by atoms with van der Waals surface area (Å²) in [7, 11) is -5.06. The fourth-order valence-corrected chi connectivity index (χ4v) is 0.387. The molecule has 12 heavy (non-hydrogen) atoms. The average Bonchev–Trinajstić information content (AvgIpc) is 1.62. The zero-order valence-corrected chi connectivity index (χ0v) is 15.4. The maximum atomic E-state index is 9.78. The second-order valence-electron chi connectivity index (χ2n) is 1.19. The smallest absolute Gasteiger partial charge is 0.810 e. The molecule has 0 aromatic heterocycles. The van der Waals surface area contributed by atoms with Gasteiger partial charge in [0.15, 0.2) is 0 Å². The maximum absolute atomic E-state index is 9.78. The van der Waals surface area contributed by atoms with Crippen molar-refractivity contribution in [1.82, 2.24) is 0 Å². The molecule has 1 unspecified atom stereocenters. The molecule has 0 spiro atoms. The van der Waals surface area contributed by atoms with Crippen LogP contribution in [0.15, 0.2) is 0 Å². The van der Waals surface area contributed by atoms with Crippen molar-refractivity contribution in [3.8, 4) is 0 Å². The van der Waals surface area contributed by atoms with Crippen LogP contribution in [-0.4, -0.2) is 10.5 Å². The van der Waals surface area contributed by atoms with Crippen molar-refractivity contribution in [2.45, 2.75) is 4.57 Å². The van der Waals surface area contributed by atoms with Crippen LogP contribution in [0.5, 0.6) is 0 Å². The predicted octanol–water partition coefficient (Wildman–Crippen LogP) is -11.6. The van der Waals surface area contributed by atoms with E-state index in [0.29, 0.717) is 0 Å². The van der Waals surface area contributed by atoms with Crippen LogP contribution in [-0.2, 0) is 9.36 Å². The molecule has 0 heterocycles. The van der Waals surface area contributed by atoms with E-state index in [1.165, 1.54) is 0 Å². The summed E-state index contributed by atoms with van der Waals surface area (Å²) in [4.78, 5) is 29.2. The number of carboxylic acid groups (broad SMARTS) is 1. The van der Waals surface area contributed by atoms with Gasteiger partial charge in [-0.15, -0.1) is 0 Å². The van der Waals surface area contributed by atoms with Gasteiger partial charge in [-0.25, -0.2) is 0 Å². The molecule has 0 bridgehead atoms. The molecule has 5 nitrogen and oxygen atoms in total. The van der Waals surface area contributed by atoms with Gasteiger partial charge in [0.1, 0.15) is 0 Å². The quantitative estimate of drug-likeness (QED) is 0.285. The fourth-order valence-electron chi connectivity index (χ4n) is 0.129. The summed E-state index contributed by atoms with van der Waals surface area (Å²) in [5, 5.41) is 9.62. The van der Waals surface area contributed by atoms with E-state index < -0.39 is 18.1 Å². The van der Waals surface area contributed by atoms with Crippen LogP contribution in [0.2, 0.25) is 0 Å². The van der Waals surface area contributed by atoms with E-state index in [2.05, 4.69) is 15.9 Å². The second-order valence-corrected chi connectivity index (χ2v) is 4.41. The Bertz CT molecular complexity index is 170. The van der Waals surface area contributed by atoms with Gasteiger partial charge in [-0.3, -0.25) is 0 Å². The number of rotatable bonds is 2. The standard InChI is InChI=1S/C2H4BrO5P.3Na/c3-1(2(4)5)9(6,7)8;;;/h1H,(H,4,5)(H2,6,7,8);;;/q;3*+1/p-3. The van der Waals surface area contributed by atoms with E-state index in [1.807, 2.05) is 0 Å². The zero-order chi connectivity index (χ0) is 7.65. The third kappa shape index (κ3) is 11.2. The number of alkyl halides is 1. The molecule has 1 atom stereocenters. The number of carbonyl (C=O) groups is 1. The van der Waals surface area contributed by atoms with Gasteiger partial charge in [0.25, 0.3) is 0 Å². The van der Waals surface area contributed by atoms with Gasteiger partial charge in [-0.1, -0.05) is 15.9 Å². The summed E-state index contributed by atoms with van der Waals surface area (Å²) in [6, 6.07) is 0. The minimum Gasteiger partial charge on any atom is -0.810 e. The van der Waals surface area contributed by atoms with Crippen LogP contribution in [0, 0.1) is 0 Å². The van der Waals surface area contributed by atoms with Crippen molar-refractivity contribution in [1.29, 1.82) is 0 Å². The minimum atomic E-state index is -5.06. The summed E-state index contributed by atoms with van der Waals surface area (Å²) in [5.41, 5.74) is 0. The van der Waals surface area contributed by atoms with Crippen molar-refractivity contribution in [2.24, 2.45) is 0 Å². The molecule has 0 N–H and O–H groups in total. The molecule has 10 heteroatoms. The van der Waals surface area contributed by atoms with Crippen LogP contribution in [0.25, 0.3) is 0 Å². The van der Waals surface area contributed by atoms with Crippen LogP contribution >= 0.6 is 23.5 Å². The molecule has 0 rings (SSSR count). The molecule has 0 aromatic rings. The average molecular weight is 285 g/mol. The van der Waals surface area contributed by atoms with E-state index in [4.69, 9.17) is 0 Å². The van der Waals surface area contributed by atoms with Gasteiger partial charge in [-0.05, 0) is 7.60 Å². The summed E-state index contributed by atoms with van der Waals surface area (Å²) >= 11 is 2.11. The number of aliphatic carboxylic acids is 1. The summed E-state index contributed by atoms with van der Waals surface area (Å²) in [6.07, 6.45) is 0. The Kier molecular flexibility index (Phi) is 21.5. The SMILES string of the molecule is O=C([O-])C(Br)P(=O)([O-])[O-].[Na+].[Na+].[Na+]. The first-order chi connectivity index (χ1) is 3.85. The van der Waals surface area contributed by atoms with Crippen molar-refractivity contribution in [3.63, 3.8) is 0 Å². The van der Waals surface area contributed by atoms with Crippen LogP contribution in [0.1, 0.15) is 0 Å². The van der Waals surface area contributed by atoms with E-state index in [9.17, 15) is 24.3 Å². The summed E-state index contributed by atoms with van der Waals surface area (Å²) in [5.74, 6) is -1.94. The molecule has 54 valence electrons. The van der Waals surface area contributed by atoms with Crippen LogP contribution < -0.4 is 104 Å². The van der Waals surface area contributed by atoms with Gasteiger partial charge >= 0.3 is 88.7 Å². The fraction of sp³-hybridized carbons (Fsp3) is 0.500. The van der Waals surface area contributed by atoms with Crippen LogP contribution in [0.4, 0.5) is 0 Å². The molecule has 0 saturated carbocycles. The van der Waals surface area contributed by atoms with Gasteiger partial charge in [0.2, 0.25) is 0 Å². The normalized spacial score (nSPS) is 11.2. The first kappa shape index (κ1) is 24.4. The van der Waals surface area contributed by atoms with Gasteiger partial charge < -0.3 is 24.3 Å². The predicted molar refractivity (Wildman–Crippen MR) is 25.3 cm³/mol. The molecule has 0 saturated heterocycles. The minimum absolute atomic E-state index is 0. The monoisotopic (exact) mass is 284 g/mol. The Balaban J connectivity index is -0.000000107. The molecular formula is C2HBrNa3O5P. The molecule has 0 radical (unpaired) electrons. The Morgan fingerprint density at radius 3 is 1.50 bits per heavy atom. The van der Waals surface area contributed by atoms with Crippen LogP contribution in [0.3, 0.4) is 0 Å². The number of hydrogen-bond acceptors (Lipinski definition) is 5. The molecular weight excluding hydrogens is 284 g/mol. The van der Waals surface area contributed by atoms with Gasteiger partial charge in [0.05, 0.1) is 10.5 Å². The molecule has 0 aliphatic rings. The van der Waals surface area contributed by atoms with Crippen molar-refractivity contribution in [3.05, 3.63) is 0 Å². The third-order valence-electron chi connectivity index (χ3n) is 0.472. The first-order valence-corrected chi connectivity index (χ1v) is 4.25. The van der Waals surface area contributed by atoms with E-state index in [1.54, 1.807) is 0 Å². The Labute approximate surface area is 144 Å². The van der Waals surface area contributed by atoms with Crippen molar-refractivity contribution >= 4 is 29.5 Å². The van der Waals surface area contributed by atoms with E-state index >= 15 is 0 Å². The van der Waals surface area contributed by atoms with Crippen molar-refractivity contribution in [2.75, 3.05) is 0 Å². The van der Waals surface area contributed by atoms with Crippen molar-refractivity contribution < 1.29 is 113 Å². The van der Waals surface area contributed by atoms with Gasteiger partial charge in [0, 0.05) is 0 Å². The Hall–Kier alpha value is 3.10. The molecule has 0 amide bonds. The third-order valence-corrected chi connectivity index (χ3v) is 3.12. The summed E-state index contributed by atoms with van der Waals surface area (Å²) in [6.45, 7) is 0. The summed E-state index contributed by atoms with van der Waals surface area (Å²) < 4.78 is 7.66. The maximum Gasteiger partial charge on any atom is 1.00 e. The number of carbonyl (C=O) groups excluding carboxylic acids is 1. The Morgan fingerprint density at radius 2 is 1.50 bits per heavy atom. The first-order valence-electron chi connectivity index (χ1n) is 1.72. The molecule has 0 fully saturated rings.